The molecule has 2 aliphatic carbocycles. The van der Waals surface area contributed by atoms with Crippen molar-refractivity contribution in [3.63, 3.8) is 0 Å². The highest BCUT2D eigenvalue weighted by atomic mass is 16.2. The number of hydrogen-bond donors (Lipinski definition) is 0. The van der Waals surface area contributed by atoms with Crippen LogP contribution in [0.15, 0.2) is 0 Å². The van der Waals surface area contributed by atoms with Crippen LogP contribution in [0.1, 0.15) is 89.9 Å². The average Bonchev–Trinajstić information content (AvgIpc) is 3.35. The fraction of sp³-hybridized carbons (Fsp3) is 0.913. The lowest BCUT2D eigenvalue weighted by molar-refractivity contribution is -0.146. The van der Waals surface area contributed by atoms with E-state index in [1.54, 1.807) is 0 Å². The minimum absolute atomic E-state index is 0.254. The van der Waals surface area contributed by atoms with Gasteiger partial charge in [0.15, 0.2) is 0 Å². The lowest BCUT2D eigenvalue weighted by atomic mass is 9.78. The molecule has 4 fully saturated rings. The maximum Gasteiger partial charge on any atom is 0.230 e. The van der Waals surface area contributed by atoms with Crippen LogP contribution in [0, 0.1) is 17.3 Å². The van der Waals surface area contributed by atoms with Crippen LogP contribution in [0.4, 0.5) is 0 Å². The van der Waals surface area contributed by atoms with E-state index >= 15 is 0 Å². The summed E-state index contributed by atoms with van der Waals surface area (Å²) < 4.78 is 0. The van der Waals surface area contributed by atoms with Crippen molar-refractivity contribution in [3.8, 4) is 0 Å². The SMILES string of the molecule is O=C(CC1CCCC1)N1CCC2(CCCN(CCC3CCCCC3)C2=O)C1. The minimum atomic E-state index is -0.254. The van der Waals surface area contributed by atoms with Crippen LogP contribution in [-0.2, 0) is 9.59 Å². The Balaban J connectivity index is 1.30. The number of amides is 2. The molecule has 0 aromatic rings. The predicted octanol–water partition coefficient (Wildman–Crippen LogP) is 4.38. The lowest BCUT2D eigenvalue weighted by Gasteiger charge is -2.40. The van der Waals surface area contributed by atoms with E-state index in [0.29, 0.717) is 24.3 Å². The number of carbonyl (C=O) groups excluding carboxylic acids is 2. The normalized spacial score (nSPS) is 30.6. The summed E-state index contributed by atoms with van der Waals surface area (Å²) in [6, 6.07) is 0. The van der Waals surface area contributed by atoms with Crippen molar-refractivity contribution in [2.24, 2.45) is 17.3 Å². The largest absolute Gasteiger partial charge is 0.342 e. The maximum atomic E-state index is 13.3. The summed E-state index contributed by atoms with van der Waals surface area (Å²) in [6.45, 7) is 3.37. The number of likely N-dealkylation sites (tertiary alicyclic amines) is 2. The van der Waals surface area contributed by atoms with Crippen LogP contribution in [0.2, 0.25) is 0 Å². The number of carbonyl (C=O) groups is 2. The third-order valence-electron chi connectivity index (χ3n) is 8.00. The minimum Gasteiger partial charge on any atom is -0.342 e. The molecule has 4 heteroatoms. The first-order valence-corrected chi connectivity index (χ1v) is 11.7. The van der Waals surface area contributed by atoms with E-state index in [-0.39, 0.29) is 5.41 Å². The van der Waals surface area contributed by atoms with Crippen molar-refractivity contribution in [1.82, 2.24) is 9.80 Å². The van der Waals surface area contributed by atoms with Gasteiger partial charge in [-0.3, -0.25) is 9.59 Å². The average molecular weight is 375 g/mol. The summed E-state index contributed by atoms with van der Waals surface area (Å²) in [7, 11) is 0. The van der Waals surface area contributed by atoms with Crippen molar-refractivity contribution >= 4 is 11.8 Å². The van der Waals surface area contributed by atoms with Gasteiger partial charge < -0.3 is 9.80 Å². The van der Waals surface area contributed by atoms with Crippen molar-refractivity contribution in [2.75, 3.05) is 26.2 Å². The molecule has 4 rings (SSSR count). The van der Waals surface area contributed by atoms with Crippen LogP contribution >= 0.6 is 0 Å². The van der Waals surface area contributed by atoms with Gasteiger partial charge in [-0.15, -0.1) is 0 Å². The molecule has 2 heterocycles. The molecule has 1 spiro atoms. The first-order valence-electron chi connectivity index (χ1n) is 11.7. The molecule has 2 aliphatic heterocycles. The first-order chi connectivity index (χ1) is 13.2. The van der Waals surface area contributed by atoms with Crippen LogP contribution in [0.25, 0.3) is 0 Å². The van der Waals surface area contributed by atoms with Gasteiger partial charge in [-0.05, 0) is 50.4 Å². The highest BCUT2D eigenvalue weighted by molar-refractivity contribution is 5.86. The summed E-state index contributed by atoms with van der Waals surface area (Å²) in [4.78, 5) is 30.3. The van der Waals surface area contributed by atoms with Gasteiger partial charge >= 0.3 is 0 Å². The van der Waals surface area contributed by atoms with Crippen LogP contribution in [0.5, 0.6) is 0 Å². The van der Waals surface area contributed by atoms with Crippen LogP contribution in [-0.4, -0.2) is 47.8 Å². The van der Waals surface area contributed by atoms with Crippen molar-refractivity contribution in [1.29, 1.82) is 0 Å². The van der Waals surface area contributed by atoms with Crippen LogP contribution < -0.4 is 0 Å². The molecule has 27 heavy (non-hydrogen) atoms. The summed E-state index contributed by atoms with van der Waals surface area (Å²) in [5.41, 5.74) is -0.254. The summed E-state index contributed by atoms with van der Waals surface area (Å²) in [5.74, 6) is 2.10. The maximum absolute atomic E-state index is 13.3. The van der Waals surface area contributed by atoms with Gasteiger partial charge in [0.1, 0.15) is 0 Å². The molecule has 4 aliphatic rings. The van der Waals surface area contributed by atoms with E-state index in [1.807, 2.05) is 4.90 Å². The van der Waals surface area contributed by atoms with E-state index in [4.69, 9.17) is 0 Å². The molecule has 0 aromatic heterocycles. The molecule has 0 N–H and O–H groups in total. The molecule has 2 saturated carbocycles. The Labute approximate surface area is 165 Å². The van der Waals surface area contributed by atoms with E-state index in [9.17, 15) is 9.59 Å². The fourth-order valence-corrected chi connectivity index (χ4v) is 6.23. The Bertz CT molecular complexity index is 536. The third-order valence-corrected chi connectivity index (χ3v) is 8.00. The Morgan fingerprint density at radius 2 is 1.59 bits per heavy atom. The van der Waals surface area contributed by atoms with Gasteiger partial charge in [-0.25, -0.2) is 0 Å². The molecule has 0 aromatic carbocycles. The van der Waals surface area contributed by atoms with Gasteiger partial charge in [-0.1, -0.05) is 44.9 Å². The Morgan fingerprint density at radius 1 is 0.889 bits per heavy atom. The zero-order chi connectivity index (χ0) is 18.7. The number of nitrogens with zero attached hydrogens (tertiary/aromatic N) is 2. The first kappa shape index (κ1) is 19.3. The molecule has 1 atom stereocenters. The number of piperidine rings is 1. The Hall–Kier alpha value is -1.06. The van der Waals surface area contributed by atoms with E-state index < -0.39 is 0 Å². The van der Waals surface area contributed by atoms with Gasteiger partial charge in [0.05, 0.1) is 5.41 Å². The van der Waals surface area contributed by atoms with E-state index in [2.05, 4.69) is 4.90 Å². The van der Waals surface area contributed by atoms with Gasteiger partial charge in [-0.2, -0.15) is 0 Å². The fourth-order valence-electron chi connectivity index (χ4n) is 6.23. The highest BCUT2D eigenvalue weighted by Gasteiger charge is 2.49. The zero-order valence-electron chi connectivity index (χ0n) is 17.1. The molecule has 4 nitrogen and oxygen atoms in total. The molecule has 0 radical (unpaired) electrons. The van der Waals surface area contributed by atoms with Gasteiger partial charge in [0.2, 0.25) is 11.8 Å². The van der Waals surface area contributed by atoms with Gasteiger partial charge in [0, 0.05) is 32.6 Å². The second-order valence-corrected chi connectivity index (χ2v) is 9.89. The molecule has 2 amide bonds. The zero-order valence-corrected chi connectivity index (χ0v) is 17.1. The predicted molar refractivity (Wildman–Crippen MR) is 107 cm³/mol. The quantitative estimate of drug-likeness (QED) is 0.716. The van der Waals surface area contributed by atoms with Gasteiger partial charge in [0.25, 0.3) is 0 Å². The molecule has 1 unspecified atom stereocenters. The summed E-state index contributed by atoms with van der Waals surface area (Å²) >= 11 is 0. The monoisotopic (exact) mass is 374 g/mol. The number of rotatable bonds is 5. The molecular formula is C23H38N2O2. The third kappa shape index (κ3) is 4.35. The second-order valence-electron chi connectivity index (χ2n) is 9.89. The van der Waals surface area contributed by atoms with E-state index in [1.165, 1.54) is 64.2 Å². The molecular weight excluding hydrogens is 336 g/mol. The van der Waals surface area contributed by atoms with E-state index in [0.717, 1.165) is 51.2 Å². The topological polar surface area (TPSA) is 40.6 Å². The van der Waals surface area contributed by atoms with Crippen molar-refractivity contribution in [3.05, 3.63) is 0 Å². The Kier molecular flexibility index (Phi) is 6.08. The summed E-state index contributed by atoms with van der Waals surface area (Å²) in [5, 5.41) is 0. The lowest BCUT2D eigenvalue weighted by Crippen LogP contribution is -2.50. The van der Waals surface area contributed by atoms with Crippen LogP contribution in [0.3, 0.4) is 0 Å². The van der Waals surface area contributed by atoms with Crippen molar-refractivity contribution < 1.29 is 9.59 Å². The number of hydrogen-bond acceptors (Lipinski definition) is 2. The molecule has 2 saturated heterocycles. The molecule has 152 valence electrons. The van der Waals surface area contributed by atoms with Crippen molar-refractivity contribution in [2.45, 2.75) is 89.9 Å². The highest BCUT2D eigenvalue weighted by Crippen LogP contribution is 2.41. The second kappa shape index (κ2) is 8.53. The standard InChI is InChI=1S/C23H38N2O2/c26-21(17-20-9-4-5-10-20)25-16-13-23(18-25)12-6-14-24(22(23)27)15-11-19-7-2-1-3-8-19/h19-20H,1-18H2. The molecule has 0 bridgehead atoms. The smallest absolute Gasteiger partial charge is 0.230 e. The summed E-state index contributed by atoms with van der Waals surface area (Å²) in [6.07, 6.45) is 16.8. The Morgan fingerprint density at radius 3 is 2.37 bits per heavy atom.